The number of likely N-dealkylation sites (N-methyl/N-ethyl adjacent to an activating group) is 1. The van der Waals surface area contributed by atoms with Gasteiger partial charge in [-0.2, -0.15) is 0 Å². The third-order valence-electron chi connectivity index (χ3n) is 3.49. The molecule has 0 fully saturated rings. The van der Waals surface area contributed by atoms with Crippen molar-refractivity contribution in [1.82, 2.24) is 15.0 Å². The van der Waals surface area contributed by atoms with Gasteiger partial charge in [0, 0.05) is 25.4 Å². The Hall–Kier alpha value is -2.04. The average molecular weight is 258 g/mol. The first-order valence-corrected chi connectivity index (χ1v) is 6.40. The lowest BCUT2D eigenvalue weighted by molar-refractivity contribution is 0.598. The topological polar surface area (TPSA) is 41.9 Å². The van der Waals surface area contributed by atoms with Crippen molar-refractivity contribution in [3.05, 3.63) is 35.7 Å². The second-order valence-electron chi connectivity index (χ2n) is 4.71. The smallest absolute Gasteiger partial charge is 0.170 e. The summed E-state index contributed by atoms with van der Waals surface area (Å²) in [5.41, 5.74) is 2.67. The molecule has 2 aromatic heterocycles. The summed E-state index contributed by atoms with van der Waals surface area (Å²) in [6.45, 7) is 2.84. The van der Waals surface area contributed by atoms with Crippen LogP contribution < -0.4 is 4.90 Å². The number of nitrogens with zero attached hydrogens (tertiary/aromatic N) is 4. The Kier molecular flexibility index (Phi) is 2.89. The Morgan fingerprint density at radius 2 is 2.16 bits per heavy atom. The molecule has 0 aliphatic carbocycles. The predicted molar refractivity (Wildman–Crippen MR) is 71.6 cm³/mol. The minimum Gasteiger partial charge on any atom is -0.359 e. The van der Waals surface area contributed by atoms with Crippen molar-refractivity contribution in [3.8, 4) is 11.3 Å². The molecule has 0 aromatic carbocycles. The van der Waals surface area contributed by atoms with Gasteiger partial charge in [-0.3, -0.25) is 0 Å². The van der Waals surface area contributed by atoms with Crippen LogP contribution in [0.25, 0.3) is 11.3 Å². The van der Waals surface area contributed by atoms with Crippen LogP contribution in [-0.4, -0.2) is 28.5 Å². The fraction of sp³-hybridized carbons (Fsp3) is 0.357. The van der Waals surface area contributed by atoms with E-state index in [0.29, 0.717) is 17.8 Å². The summed E-state index contributed by atoms with van der Waals surface area (Å²) < 4.78 is 14.2. The third-order valence-corrected chi connectivity index (χ3v) is 3.49. The molecule has 3 rings (SSSR count). The van der Waals surface area contributed by atoms with Gasteiger partial charge in [0.25, 0.3) is 0 Å². The van der Waals surface area contributed by atoms with Gasteiger partial charge in [0.15, 0.2) is 5.82 Å². The molecule has 3 heterocycles. The quantitative estimate of drug-likeness (QED) is 0.828. The maximum absolute atomic E-state index is 14.2. The van der Waals surface area contributed by atoms with Crippen LogP contribution in [0.3, 0.4) is 0 Å². The summed E-state index contributed by atoms with van der Waals surface area (Å²) >= 11 is 0. The lowest BCUT2D eigenvalue weighted by Crippen LogP contribution is -2.13. The number of aryl methyl sites for hydroxylation is 1. The third kappa shape index (κ3) is 1.95. The molecule has 0 spiro atoms. The van der Waals surface area contributed by atoms with Gasteiger partial charge in [0.1, 0.15) is 17.8 Å². The Balaban J connectivity index is 2.08. The Labute approximate surface area is 111 Å². The van der Waals surface area contributed by atoms with Crippen LogP contribution in [0.4, 0.5) is 10.2 Å². The van der Waals surface area contributed by atoms with Crippen molar-refractivity contribution in [3.63, 3.8) is 0 Å². The van der Waals surface area contributed by atoms with E-state index in [1.807, 2.05) is 20.0 Å². The molecule has 2 aromatic rings. The summed E-state index contributed by atoms with van der Waals surface area (Å²) in [6, 6.07) is 1.98. The molecule has 0 bridgehead atoms. The van der Waals surface area contributed by atoms with Crippen LogP contribution >= 0.6 is 0 Å². The molecule has 0 N–H and O–H groups in total. The van der Waals surface area contributed by atoms with Gasteiger partial charge in [-0.25, -0.2) is 19.3 Å². The van der Waals surface area contributed by atoms with Crippen molar-refractivity contribution in [1.29, 1.82) is 0 Å². The summed E-state index contributed by atoms with van der Waals surface area (Å²) in [4.78, 5) is 14.5. The van der Waals surface area contributed by atoms with E-state index in [9.17, 15) is 4.39 Å². The molecule has 98 valence electrons. The second-order valence-corrected chi connectivity index (χ2v) is 4.71. The van der Waals surface area contributed by atoms with E-state index in [1.54, 1.807) is 6.20 Å². The van der Waals surface area contributed by atoms with Gasteiger partial charge < -0.3 is 4.90 Å². The minimum absolute atomic E-state index is 0.335. The van der Waals surface area contributed by atoms with Crippen molar-refractivity contribution in [2.75, 3.05) is 18.5 Å². The zero-order valence-corrected chi connectivity index (χ0v) is 11.0. The molecular weight excluding hydrogens is 243 g/mol. The van der Waals surface area contributed by atoms with Crippen LogP contribution in [0.2, 0.25) is 0 Å². The fourth-order valence-electron chi connectivity index (χ4n) is 2.41. The highest BCUT2D eigenvalue weighted by Gasteiger charge is 2.19. The number of aromatic nitrogens is 3. The Morgan fingerprint density at radius 3 is 2.95 bits per heavy atom. The van der Waals surface area contributed by atoms with Crippen LogP contribution in [0.1, 0.15) is 18.2 Å². The number of hydrogen-bond donors (Lipinski definition) is 0. The van der Waals surface area contributed by atoms with Crippen molar-refractivity contribution >= 4 is 5.82 Å². The van der Waals surface area contributed by atoms with Crippen molar-refractivity contribution in [2.45, 2.75) is 19.8 Å². The Bertz CT molecular complexity index is 627. The van der Waals surface area contributed by atoms with Gasteiger partial charge in [0.05, 0.1) is 5.69 Å². The van der Waals surface area contributed by atoms with Crippen molar-refractivity contribution in [2.24, 2.45) is 0 Å². The van der Waals surface area contributed by atoms with E-state index in [-0.39, 0.29) is 5.82 Å². The largest absolute Gasteiger partial charge is 0.359 e. The van der Waals surface area contributed by atoms with E-state index in [1.165, 1.54) is 6.33 Å². The normalized spacial score (nSPS) is 13.7. The molecule has 5 heteroatoms. The number of anilines is 1. The van der Waals surface area contributed by atoms with E-state index in [2.05, 4.69) is 19.9 Å². The van der Waals surface area contributed by atoms with Crippen LogP contribution in [0.5, 0.6) is 0 Å². The first kappa shape index (κ1) is 12.0. The first-order chi connectivity index (χ1) is 9.20. The van der Waals surface area contributed by atoms with Gasteiger partial charge in [-0.15, -0.1) is 0 Å². The summed E-state index contributed by atoms with van der Waals surface area (Å²) in [6.07, 6.45) is 4.60. The van der Waals surface area contributed by atoms with Crippen molar-refractivity contribution < 1.29 is 4.39 Å². The molecule has 0 atom stereocenters. The fourth-order valence-corrected chi connectivity index (χ4v) is 2.41. The van der Waals surface area contributed by atoms with Gasteiger partial charge in [-0.1, -0.05) is 6.92 Å². The Morgan fingerprint density at radius 1 is 1.32 bits per heavy atom. The molecule has 19 heavy (non-hydrogen) atoms. The standard InChI is InChI=1S/C14H15FN4/c1-3-11-12(15)13(18-8-17-11)10-6-9-4-5-19(2)14(9)16-7-10/h6-8H,3-5H2,1-2H3. The molecule has 1 aliphatic heterocycles. The van der Waals surface area contributed by atoms with E-state index in [4.69, 9.17) is 0 Å². The summed E-state index contributed by atoms with van der Waals surface area (Å²) in [5.74, 6) is 0.645. The second kappa shape index (κ2) is 4.57. The van der Waals surface area contributed by atoms with Crippen LogP contribution in [0, 0.1) is 5.82 Å². The lowest BCUT2D eigenvalue weighted by Gasteiger charge is -2.11. The molecule has 4 nitrogen and oxygen atoms in total. The maximum atomic E-state index is 14.2. The SMILES string of the molecule is CCc1ncnc(-c2cnc3c(c2)CCN3C)c1F. The zero-order valence-electron chi connectivity index (χ0n) is 11.0. The number of hydrogen-bond acceptors (Lipinski definition) is 4. The monoisotopic (exact) mass is 258 g/mol. The summed E-state index contributed by atoms with van der Waals surface area (Å²) in [5, 5.41) is 0. The maximum Gasteiger partial charge on any atom is 0.170 e. The number of fused-ring (bicyclic) bond motifs is 1. The molecule has 0 unspecified atom stereocenters. The minimum atomic E-state index is -0.335. The highest BCUT2D eigenvalue weighted by atomic mass is 19.1. The van der Waals surface area contributed by atoms with Gasteiger partial charge in [0.2, 0.25) is 0 Å². The molecule has 0 saturated heterocycles. The highest BCUT2D eigenvalue weighted by Crippen LogP contribution is 2.29. The number of halogens is 1. The highest BCUT2D eigenvalue weighted by molar-refractivity contribution is 5.65. The zero-order chi connectivity index (χ0) is 13.4. The van der Waals surface area contributed by atoms with Gasteiger partial charge in [-0.05, 0) is 24.5 Å². The van der Waals surface area contributed by atoms with Crippen LogP contribution in [0.15, 0.2) is 18.6 Å². The molecular formula is C14H15FN4. The first-order valence-electron chi connectivity index (χ1n) is 6.40. The van der Waals surface area contributed by atoms with Crippen LogP contribution in [-0.2, 0) is 12.8 Å². The number of pyridine rings is 1. The van der Waals surface area contributed by atoms with E-state index < -0.39 is 0 Å². The summed E-state index contributed by atoms with van der Waals surface area (Å²) in [7, 11) is 2.01. The van der Waals surface area contributed by atoms with E-state index >= 15 is 0 Å². The molecule has 0 radical (unpaired) electrons. The lowest BCUT2D eigenvalue weighted by atomic mass is 10.1. The average Bonchev–Trinajstić information content (AvgIpc) is 2.80. The molecule has 0 saturated carbocycles. The van der Waals surface area contributed by atoms with Gasteiger partial charge >= 0.3 is 0 Å². The predicted octanol–water partition coefficient (Wildman–Crippen LogP) is 2.23. The molecule has 1 aliphatic rings. The molecule has 0 amide bonds. The van der Waals surface area contributed by atoms with E-state index in [0.717, 1.165) is 29.9 Å². The number of rotatable bonds is 2.